The molecule has 2 nitrogen and oxygen atoms in total. The van der Waals surface area contributed by atoms with E-state index in [0.717, 1.165) is 23.8 Å². The zero-order chi connectivity index (χ0) is 10.7. The average molecular weight is 225 g/mol. The minimum absolute atomic E-state index is 0.599. The lowest BCUT2D eigenvalue weighted by atomic mass is 10.2. The third-order valence-electron chi connectivity index (χ3n) is 2.83. The van der Waals surface area contributed by atoms with E-state index in [1.54, 1.807) is 0 Å². The Morgan fingerprint density at radius 3 is 3.07 bits per heavy atom. The van der Waals surface area contributed by atoms with Gasteiger partial charge in [0.25, 0.3) is 0 Å². The van der Waals surface area contributed by atoms with Crippen LogP contribution in [-0.2, 0) is 0 Å². The van der Waals surface area contributed by atoms with Gasteiger partial charge in [0.2, 0.25) is 0 Å². The zero-order valence-electron chi connectivity index (χ0n) is 9.02. The molecule has 0 radical (unpaired) electrons. The molecule has 1 saturated heterocycles. The summed E-state index contributed by atoms with van der Waals surface area (Å²) in [4.78, 5) is 0. The molecule has 0 aromatic heterocycles. The van der Waals surface area contributed by atoms with Gasteiger partial charge >= 0.3 is 0 Å². The Hall–Kier alpha value is -0.730. The van der Waals surface area contributed by atoms with E-state index in [1.165, 1.54) is 18.4 Å². The lowest BCUT2D eigenvalue weighted by molar-refractivity contribution is 0.633. The van der Waals surface area contributed by atoms with Crippen LogP contribution in [0.15, 0.2) is 18.2 Å². The Bertz CT molecular complexity index is 332. The normalized spacial score (nSPS) is 20.5. The van der Waals surface area contributed by atoms with Crippen LogP contribution in [0.5, 0.6) is 0 Å². The Balaban J connectivity index is 1.92. The molecule has 0 aliphatic carbocycles. The second kappa shape index (κ2) is 4.86. The van der Waals surface area contributed by atoms with Gasteiger partial charge in [0.15, 0.2) is 0 Å². The lowest BCUT2D eigenvalue weighted by Gasteiger charge is -2.13. The van der Waals surface area contributed by atoms with E-state index in [1.807, 2.05) is 19.1 Å². The molecule has 2 N–H and O–H groups in total. The summed E-state index contributed by atoms with van der Waals surface area (Å²) >= 11 is 6.13. The van der Waals surface area contributed by atoms with Crippen LogP contribution in [0, 0.1) is 6.92 Å². The van der Waals surface area contributed by atoms with E-state index in [0.29, 0.717) is 6.04 Å². The van der Waals surface area contributed by atoms with E-state index >= 15 is 0 Å². The molecule has 1 aromatic rings. The summed E-state index contributed by atoms with van der Waals surface area (Å²) in [5.74, 6) is 0. The molecule has 1 unspecified atom stereocenters. The molecular weight excluding hydrogens is 208 g/mol. The third-order valence-corrected chi connectivity index (χ3v) is 3.14. The highest BCUT2D eigenvalue weighted by atomic mass is 35.5. The number of hydrogen-bond donors (Lipinski definition) is 2. The van der Waals surface area contributed by atoms with Gasteiger partial charge in [-0.2, -0.15) is 0 Å². The average Bonchev–Trinajstić information content (AvgIpc) is 2.69. The monoisotopic (exact) mass is 224 g/mol. The van der Waals surface area contributed by atoms with Crippen molar-refractivity contribution in [1.29, 1.82) is 0 Å². The van der Waals surface area contributed by atoms with Crippen molar-refractivity contribution in [1.82, 2.24) is 5.32 Å². The number of rotatable bonds is 3. The largest absolute Gasteiger partial charge is 0.382 e. The molecule has 0 saturated carbocycles. The number of halogens is 1. The van der Waals surface area contributed by atoms with Crippen molar-refractivity contribution in [2.75, 3.05) is 18.4 Å². The molecule has 15 heavy (non-hydrogen) atoms. The predicted molar refractivity (Wildman–Crippen MR) is 65.7 cm³/mol. The minimum atomic E-state index is 0.599. The fourth-order valence-corrected chi connectivity index (χ4v) is 2.23. The van der Waals surface area contributed by atoms with Gasteiger partial charge in [-0.15, -0.1) is 0 Å². The Morgan fingerprint density at radius 2 is 2.40 bits per heavy atom. The topological polar surface area (TPSA) is 24.1 Å². The van der Waals surface area contributed by atoms with Gasteiger partial charge in [-0.3, -0.25) is 0 Å². The molecule has 1 aliphatic rings. The molecule has 1 fully saturated rings. The summed E-state index contributed by atoms with van der Waals surface area (Å²) in [6, 6.07) is 6.72. The van der Waals surface area contributed by atoms with E-state index in [9.17, 15) is 0 Å². The van der Waals surface area contributed by atoms with Crippen molar-refractivity contribution in [3.05, 3.63) is 28.8 Å². The molecule has 1 atom stereocenters. The first-order valence-corrected chi connectivity index (χ1v) is 5.87. The first kappa shape index (κ1) is 10.8. The second-order valence-corrected chi connectivity index (χ2v) is 4.56. The van der Waals surface area contributed by atoms with Crippen molar-refractivity contribution in [2.24, 2.45) is 0 Å². The molecule has 3 heteroatoms. The summed E-state index contributed by atoms with van der Waals surface area (Å²) in [5.41, 5.74) is 2.24. The number of hydrogen-bond acceptors (Lipinski definition) is 2. The maximum Gasteiger partial charge on any atom is 0.0640 e. The van der Waals surface area contributed by atoms with Crippen LogP contribution >= 0.6 is 11.6 Å². The zero-order valence-corrected chi connectivity index (χ0v) is 9.77. The van der Waals surface area contributed by atoms with Crippen LogP contribution < -0.4 is 10.6 Å². The van der Waals surface area contributed by atoms with E-state index < -0.39 is 0 Å². The third kappa shape index (κ3) is 2.86. The Morgan fingerprint density at radius 1 is 1.53 bits per heavy atom. The quantitative estimate of drug-likeness (QED) is 0.825. The van der Waals surface area contributed by atoms with E-state index in [2.05, 4.69) is 16.7 Å². The van der Waals surface area contributed by atoms with Crippen molar-refractivity contribution < 1.29 is 0 Å². The highest BCUT2D eigenvalue weighted by Gasteiger charge is 2.13. The summed E-state index contributed by atoms with van der Waals surface area (Å²) < 4.78 is 0. The van der Waals surface area contributed by atoms with E-state index in [4.69, 9.17) is 11.6 Å². The van der Waals surface area contributed by atoms with Gasteiger partial charge in [-0.25, -0.2) is 0 Å². The number of nitrogens with one attached hydrogen (secondary N) is 2. The maximum atomic E-state index is 6.13. The molecule has 1 aliphatic heterocycles. The summed E-state index contributed by atoms with van der Waals surface area (Å²) in [5, 5.41) is 7.65. The molecular formula is C12H17ClN2. The fraction of sp³-hybridized carbons (Fsp3) is 0.500. The van der Waals surface area contributed by atoms with Gasteiger partial charge in [0.1, 0.15) is 0 Å². The van der Waals surface area contributed by atoms with Crippen LogP contribution in [-0.4, -0.2) is 19.1 Å². The van der Waals surface area contributed by atoms with Crippen molar-refractivity contribution >= 4 is 17.3 Å². The molecule has 2 rings (SSSR count). The van der Waals surface area contributed by atoms with Crippen LogP contribution in [0.1, 0.15) is 18.4 Å². The summed E-state index contributed by atoms with van der Waals surface area (Å²) in [6.07, 6.45) is 2.55. The highest BCUT2D eigenvalue weighted by molar-refractivity contribution is 6.33. The number of anilines is 1. The number of benzene rings is 1. The molecule has 0 amide bonds. The van der Waals surface area contributed by atoms with Gasteiger partial charge in [-0.05, 0) is 44.0 Å². The van der Waals surface area contributed by atoms with Crippen molar-refractivity contribution in [3.63, 3.8) is 0 Å². The summed E-state index contributed by atoms with van der Waals surface area (Å²) in [7, 11) is 0. The molecule has 1 heterocycles. The molecule has 0 spiro atoms. The highest BCUT2D eigenvalue weighted by Crippen LogP contribution is 2.22. The maximum absolute atomic E-state index is 6.13. The SMILES string of the molecule is Cc1ccc(NCC2CCCN2)c(Cl)c1. The van der Waals surface area contributed by atoms with Crippen LogP contribution in [0.4, 0.5) is 5.69 Å². The molecule has 82 valence electrons. The van der Waals surface area contributed by atoms with Gasteiger partial charge in [0, 0.05) is 12.6 Å². The lowest BCUT2D eigenvalue weighted by Crippen LogP contribution is -2.29. The van der Waals surface area contributed by atoms with Crippen molar-refractivity contribution in [3.8, 4) is 0 Å². The smallest absolute Gasteiger partial charge is 0.0640 e. The van der Waals surface area contributed by atoms with Crippen LogP contribution in [0.25, 0.3) is 0 Å². The first-order valence-electron chi connectivity index (χ1n) is 5.49. The second-order valence-electron chi connectivity index (χ2n) is 4.16. The Kier molecular flexibility index (Phi) is 3.49. The standard InChI is InChI=1S/C12H17ClN2/c1-9-4-5-12(11(13)7-9)15-8-10-3-2-6-14-10/h4-5,7,10,14-15H,2-3,6,8H2,1H3. The van der Waals surface area contributed by atoms with Crippen LogP contribution in [0.3, 0.4) is 0 Å². The molecule has 1 aromatic carbocycles. The first-order chi connectivity index (χ1) is 7.25. The fourth-order valence-electron chi connectivity index (χ4n) is 1.93. The summed E-state index contributed by atoms with van der Waals surface area (Å²) in [6.45, 7) is 4.16. The van der Waals surface area contributed by atoms with Gasteiger partial charge in [0.05, 0.1) is 10.7 Å². The Labute approximate surface area is 96.0 Å². The van der Waals surface area contributed by atoms with Gasteiger partial charge in [-0.1, -0.05) is 17.7 Å². The van der Waals surface area contributed by atoms with Crippen molar-refractivity contribution in [2.45, 2.75) is 25.8 Å². The predicted octanol–water partition coefficient (Wildman–Crippen LogP) is 2.81. The van der Waals surface area contributed by atoms with E-state index in [-0.39, 0.29) is 0 Å². The van der Waals surface area contributed by atoms with Crippen LogP contribution in [0.2, 0.25) is 5.02 Å². The minimum Gasteiger partial charge on any atom is -0.382 e. The number of aryl methyl sites for hydroxylation is 1. The molecule has 0 bridgehead atoms. The van der Waals surface area contributed by atoms with Gasteiger partial charge < -0.3 is 10.6 Å².